The van der Waals surface area contributed by atoms with Gasteiger partial charge in [0.05, 0.1) is 16.4 Å². The molecule has 1 N–H and O–H groups in total. The highest BCUT2D eigenvalue weighted by Crippen LogP contribution is 2.27. The summed E-state index contributed by atoms with van der Waals surface area (Å²) in [6.45, 7) is 2.82. The zero-order chi connectivity index (χ0) is 10.1. The van der Waals surface area contributed by atoms with Crippen molar-refractivity contribution in [2.24, 2.45) is 0 Å². The van der Waals surface area contributed by atoms with Gasteiger partial charge in [-0.15, -0.1) is 0 Å². The molecule has 2 heterocycles. The predicted molar refractivity (Wildman–Crippen MR) is 62.2 cm³/mol. The second kappa shape index (κ2) is 3.89. The van der Waals surface area contributed by atoms with Crippen LogP contribution in [0.3, 0.4) is 0 Å². The Balaban J connectivity index is 2.02. The highest BCUT2D eigenvalue weighted by molar-refractivity contribution is 7.13. The van der Waals surface area contributed by atoms with Crippen LogP contribution in [0.5, 0.6) is 0 Å². The van der Waals surface area contributed by atoms with Crippen LogP contribution in [0.15, 0.2) is 24.3 Å². The molecule has 0 bridgehead atoms. The Labute approximate surface area is 92.7 Å². The molecule has 15 heavy (non-hydrogen) atoms. The van der Waals surface area contributed by atoms with Crippen LogP contribution >= 0.6 is 11.5 Å². The van der Waals surface area contributed by atoms with Gasteiger partial charge in [0, 0.05) is 25.0 Å². The second-order valence-electron chi connectivity index (χ2n) is 3.69. The molecule has 1 aromatic carbocycles. The van der Waals surface area contributed by atoms with Crippen molar-refractivity contribution in [1.29, 1.82) is 0 Å². The molecule has 3 rings (SSSR count). The number of nitrogens with one attached hydrogen (secondary N) is 1. The summed E-state index contributed by atoms with van der Waals surface area (Å²) in [6, 6.07) is 8.62. The van der Waals surface area contributed by atoms with Crippen LogP contribution in [0.4, 0.5) is 0 Å². The Kier molecular flexibility index (Phi) is 2.40. The summed E-state index contributed by atoms with van der Waals surface area (Å²) in [6.07, 6.45) is 0. The van der Waals surface area contributed by atoms with Crippen LogP contribution in [0.2, 0.25) is 0 Å². The maximum absolute atomic E-state index is 4.60. The molecular formula is C11H12N3S. The van der Waals surface area contributed by atoms with Gasteiger partial charge in [-0.3, -0.25) is 0 Å². The molecule has 1 aliphatic heterocycles. The quantitative estimate of drug-likeness (QED) is 0.788. The van der Waals surface area contributed by atoms with Crippen molar-refractivity contribution in [3.05, 3.63) is 30.0 Å². The van der Waals surface area contributed by atoms with Gasteiger partial charge in [-0.25, -0.2) is 5.32 Å². The number of hydrogen-bond acceptors (Lipinski definition) is 3. The fourth-order valence-electron chi connectivity index (χ4n) is 1.93. The van der Waals surface area contributed by atoms with E-state index in [2.05, 4.69) is 39.3 Å². The molecule has 0 aliphatic carbocycles. The van der Waals surface area contributed by atoms with Gasteiger partial charge < -0.3 is 5.32 Å². The average Bonchev–Trinajstić information content (AvgIpc) is 2.74. The number of rotatable bonds is 1. The summed E-state index contributed by atoms with van der Waals surface area (Å²) in [7, 11) is 0. The molecule has 77 valence electrons. The van der Waals surface area contributed by atoms with Crippen molar-refractivity contribution in [2.45, 2.75) is 6.04 Å². The minimum absolute atomic E-state index is 0.245. The molecule has 1 unspecified atom stereocenters. The molecule has 1 atom stereocenters. The Bertz CT molecular complexity index is 460. The molecule has 1 saturated heterocycles. The van der Waals surface area contributed by atoms with Crippen LogP contribution in [0.25, 0.3) is 10.1 Å². The maximum Gasteiger partial charge on any atom is 0.0819 e. The van der Waals surface area contributed by atoms with E-state index in [4.69, 9.17) is 0 Å². The van der Waals surface area contributed by atoms with Gasteiger partial charge in [-0.2, -0.15) is 4.37 Å². The van der Waals surface area contributed by atoms with Crippen LogP contribution in [0, 0.1) is 0 Å². The van der Waals surface area contributed by atoms with E-state index >= 15 is 0 Å². The first kappa shape index (κ1) is 9.27. The largest absolute Gasteiger partial charge is 0.313 e. The highest BCUT2D eigenvalue weighted by Gasteiger charge is 2.20. The molecule has 0 amide bonds. The summed E-state index contributed by atoms with van der Waals surface area (Å²) in [4.78, 5) is 0. The van der Waals surface area contributed by atoms with Gasteiger partial charge >= 0.3 is 0 Å². The molecular weight excluding hydrogens is 206 g/mol. The molecule has 1 fully saturated rings. The van der Waals surface area contributed by atoms with Gasteiger partial charge in [-0.05, 0) is 17.6 Å². The first-order valence-corrected chi connectivity index (χ1v) is 5.94. The van der Waals surface area contributed by atoms with Gasteiger partial charge in [0.25, 0.3) is 0 Å². The summed E-state index contributed by atoms with van der Waals surface area (Å²) in [5.41, 5.74) is 1.14. The van der Waals surface area contributed by atoms with Crippen LogP contribution in [-0.2, 0) is 0 Å². The lowest BCUT2D eigenvalue weighted by Crippen LogP contribution is -2.38. The number of hydrogen-bond donors (Lipinski definition) is 1. The molecule has 1 aliphatic rings. The van der Waals surface area contributed by atoms with E-state index in [1.165, 1.54) is 10.1 Å². The van der Waals surface area contributed by atoms with E-state index in [0.29, 0.717) is 0 Å². The summed E-state index contributed by atoms with van der Waals surface area (Å²) in [5.74, 6) is 0. The Morgan fingerprint density at radius 2 is 2.27 bits per heavy atom. The van der Waals surface area contributed by atoms with Crippen LogP contribution < -0.4 is 10.6 Å². The molecule has 1 aromatic heterocycles. The van der Waals surface area contributed by atoms with Crippen molar-refractivity contribution in [3.63, 3.8) is 0 Å². The smallest absolute Gasteiger partial charge is 0.0819 e. The Morgan fingerprint density at radius 1 is 1.33 bits per heavy atom. The van der Waals surface area contributed by atoms with Crippen molar-refractivity contribution in [3.8, 4) is 0 Å². The van der Waals surface area contributed by atoms with Crippen molar-refractivity contribution in [1.82, 2.24) is 15.0 Å². The highest BCUT2D eigenvalue weighted by atomic mass is 32.1. The van der Waals surface area contributed by atoms with Gasteiger partial charge in [-0.1, -0.05) is 18.2 Å². The maximum atomic E-state index is 4.60. The van der Waals surface area contributed by atoms with E-state index in [9.17, 15) is 0 Å². The first-order chi connectivity index (χ1) is 7.45. The lowest BCUT2D eigenvalue weighted by Gasteiger charge is -2.21. The fraction of sp³-hybridized carbons (Fsp3) is 0.364. The van der Waals surface area contributed by atoms with E-state index in [1.807, 2.05) is 0 Å². The topological polar surface area (TPSA) is 39.0 Å². The van der Waals surface area contributed by atoms with Gasteiger partial charge in [0.2, 0.25) is 0 Å². The number of benzene rings is 1. The van der Waals surface area contributed by atoms with E-state index < -0.39 is 0 Å². The third kappa shape index (κ3) is 1.65. The molecule has 0 spiro atoms. The second-order valence-corrected chi connectivity index (χ2v) is 4.50. The van der Waals surface area contributed by atoms with E-state index in [0.717, 1.165) is 25.3 Å². The lowest BCUT2D eigenvalue weighted by atomic mass is 10.1. The monoisotopic (exact) mass is 218 g/mol. The summed E-state index contributed by atoms with van der Waals surface area (Å²) in [5, 5.41) is 9.23. The summed E-state index contributed by atoms with van der Waals surface area (Å²) < 4.78 is 5.78. The number of piperazine rings is 1. The minimum atomic E-state index is 0.245. The molecule has 2 aromatic rings. The lowest BCUT2D eigenvalue weighted by molar-refractivity contribution is 0.418. The van der Waals surface area contributed by atoms with Crippen LogP contribution in [-0.4, -0.2) is 24.0 Å². The molecule has 0 saturated carbocycles. The Morgan fingerprint density at radius 3 is 3.13 bits per heavy atom. The number of aromatic nitrogens is 1. The standard InChI is InChI=1S/C11H12N3S/c1-2-4-10-8(3-1)11(14-15-10)9-7-12-5-6-13-9/h1-4,9,12H,5-7H2. The van der Waals surface area contributed by atoms with Crippen LogP contribution in [0.1, 0.15) is 11.7 Å². The zero-order valence-corrected chi connectivity index (χ0v) is 9.13. The number of nitrogens with zero attached hydrogens (tertiary/aromatic N) is 2. The molecule has 1 radical (unpaired) electrons. The average molecular weight is 218 g/mol. The zero-order valence-electron chi connectivity index (χ0n) is 8.31. The van der Waals surface area contributed by atoms with Gasteiger partial charge in [0.1, 0.15) is 0 Å². The normalized spacial score (nSPS) is 22.0. The fourth-order valence-corrected chi connectivity index (χ4v) is 2.76. The van der Waals surface area contributed by atoms with Crippen molar-refractivity contribution < 1.29 is 0 Å². The van der Waals surface area contributed by atoms with Gasteiger partial charge in [0.15, 0.2) is 0 Å². The van der Waals surface area contributed by atoms with E-state index in [-0.39, 0.29) is 6.04 Å². The van der Waals surface area contributed by atoms with E-state index in [1.54, 1.807) is 11.5 Å². The first-order valence-electron chi connectivity index (χ1n) is 5.17. The van der Waals surface area contributed by atoms with Crippen molar-refractivity contribution >= 4 is 21.6 Å². The third-order valence-corrected chi connectivity index (χ3v) is 3.54. The summed E-state index contributed by atoms with van der Waals surface area (Å²) >= 11 is 1.57. The SMILES string of the molecule is c1ccc2c(C3CNCC[N]3)nsc2c1. The minimum Gasteiger partial charge on any atom is -0.313 e. The predicted octanol–water partition coefficient (Wildman–Crippen LogP) is 1.54. The molecule has 4 heteroatoms. The Hall–Kier alpha value is -0.970. The third-order valence-electron chi connectivity index (χ3n) is 2.70. The number of fused-ring (bicyclic) bond motifs is 1. The molecule has 3 nitrogen and oxygen atoms in total. The van der Waals surface area contributed by atoms with Crippen molar-refractivity contribution in [2.75, 3.05) is 19.6 Å².